The average molecular weight is 228 g/mol. The molecule has 0 radical (unpaired) electrons. The fourth-order valence-corrected chi connectivity index (χ4v) is 3.06. The molecule has 0 aromatic carbocycles. The summed E-state index contributed by atoms with van der Waals surface area (Å²) in [6, 6.07) is 0. The number of nitrogens with zero attached hydrogens (tertiary/aromatic N) is 1. The third-order valence-corrected chi connectivity index (χ3v) is 3.70. The van der Waals surface area contributed by atoms with Gasteiger partial charge in [-0.1, -0.05) is 21.1 Å². The summed E-state index contributed by atoms with van der Waals surface area (Å²) in [6.45, 7) is 0. The molecule has 2 nitrogen and oxygen atoms in total. The van der Waals surface area contributed by atoms with Gasteiger partial charge >= 0.3 is 0 Å². The van der Waals surface area contributed by atoms with E-state index in [0.717, 1.165) is 16.9 Å². The molecule has 0 spiro atoms. The van der Waals surface area contributed by atoms with Crippen LogP contribution in [0.3, 0.4) is 0 Å². The van der Waals surface area contributed by atoms with E-state index in [1.807, 2.05) is 0 Å². The maximum atomic E-state index is 5.35. The summed E-state index contributed by atoms with van der Waals surface area (Å²) in [7, 11) is 0. The van der Waals surface area contributed by atoms with Gasteiger partial charge in [-0.2, -0.15) is 0 Å². The molecule has 2 aliphatic carbocycles. The zero-order valence-corrected chi connectivity index (χ0v) is 8.30. The van der Waals surface area contributed by atoms with Gasteiger partial charge in [0.25, 0.3) is 0 Å². The van der Waals surface area contributed by atoms with E-state index in [9.17, 15) is 0 Å². The Morgan fingerprint density at radius 2 is 2.25 bits per heavy atom. The van der Waals surface area contributed by atoms with Gasteiger partial charge < -0.3 is 4.52 Å². The van der Waals surface area contributed by atoms with Crippen LogP contribution in [-0.2, 0) is 5.33 Å². The molecule has 0 saturated heterocycles. The molecule has 1 heterocycles. The molecule has 0 aliphatic heterocycles. The van der Waals surface area contributed by atoms with Crippen LogP contribution < -0.4 is 0 Å². The smallest absolute Gasteiger partial charge is 0.143 e. The first-order valence-electron chi connectivity index (χ1n) is 4.44. The van der Waals surface area contributed by atoms with Crippen molar-refractivity contribution in [2.45, 2.75) is 36.4 Å². The maximum Gasteiger partial charge on any atom is 0.143 e. The lowest BCUT2D eigenvalue weighted by molar-refractivity contribution is 0.360. The molecule has 2 bridgehead atoms. The predicted octanol–water partition coefficient (Wildman–Crippen LogP) is 2.93. The molecular formula is C9H10BrNO. The van der Waals surface area contributed by atoms with Crippen molar-refractivity contribution < 1.29 is 4.52 Å². The van der Waals surface area contributed by atoms with E-state index in [1.165, 1.54) is 30.6 Å². The summed E-state index contributed by atoms with van der Waals surface area (Å²) in [5.74, 6) is 2.66. The van der Waals surface area contributed by atoms with Crippen molar-refractivity contribution in [1.82, 2.24) is 5.16 Å². The van der Waals surface area contributed by atoms with Gasteiger partial charge in [0.05, 0.1) is 5.69 Å². The van der Waals surface area contributed by atoms with E-state index >= 15 is 0 Å². The van der Waals surface area contributed by atoms with Crippen LogP contribution in [0.25, 0.3) is 0 Å². The fourth-order valence-electron chi connectivity index (χ4n) is 2.65. The molecule has 3 heteroatoms. The normalized spacial score (nSPS) is 31.1. The molecule has 0 amide bonds. The highest BCUT2D eigenvalue weighted by atomic mass is 79.9. The van der Waals surface area contributed by atoms with Crippen molar-refractivity contribution in [1.29, 1.82) is 0 Å². The molecule has 3 rings (SSSR count). The average Bonchev–Trinajstić information content (AvgIpc) is 2.76. The Kier molecular flexibility index (Phi) is 1.39. The van der Waals surface area contributed by atoms with Crippen molar-refractivity contribution in [2.75, 3.05) is 0 Å². The highest BCUT2D eigenvalue weighted by Gasteiger charge is 2.42. The van der Waals surface area contributed by atoms with Crippen LogP contribution in [0.15, 0.2) is 4.52 Å². The largest absolute Gasteiger partial charge is 0.361 e. The minimum absolute atomic E-state index is 0.699. The van der Waals surface area contributed by atoms with Crippen LogP contribution in [0, 0.1) is 0 Å². The second kappa shape index (κ2) is 2.34. The minimum atomic E-state index is 0.699. The lowest BCUT2D eigenvalue weighted by Crippen LogP contribution is -1.96. The third kappa shape index (κ3) is 0.729. The van der Waals surface area contributed by atoms with Crippen LogP contribution in [0.5, 0.6) is 0 Å². The maximum absolute atomic E-state index is 5.35. The Hall–Kier alpha value is -0.310. The van der Waals surface area contributed by atoms with Gasteiger partial charge in [-0.25, -0.2) is 0 Å². The molecule has 2 unspecified atom stereocenters. The van der Waals surface area contributed by atoms with E-state index in [1.54, 1.807) is 0 Å². The summed E-state index contributed by atoms with van der Waals surface area (Å²) in [5, 5.41) is 4.92. The van der Waals surface area contributed by atoms with Crippen molar-refractivity contribution in [2.24, 2.45) is 0 Å². The van der Waals surface area contributed by atoms with E-state index in [-0.39, 0.29) is 0 Å². The second-order valence-corrected chi connectivity index (χ2v) is 4.31. The molecule has 1 aromatic heterocycles. The molecule has 1 fully saturated rings. The molecule has 2 aliphatic rings. The lowest BCUT2D eigenvalue weighted by Gasteiger charge is -2.07. The highest BCUT2D eigenvalue weighted by Crippen LogP contribution is 2.54. The number of aromatic nitrogens is 1. The topological polar surface area (TPSA) is 26.0 Å². The van der Waals surface area contributed by atoms with Crippen LogP contribution >= 0.6 is 15.9 Å². The molecule has 1 saturated carbocycles. The Bertz CT molecular complexity index is 320. The summed E-state index contributed by atoms with van der Waals surface area (Å²) in [4.78, 5) is 0. The lowest BCUT2D eigenvalue weighted by atomic mass is 9.97. The van der Waals surface area contributed by atoms with Gasteiger partial charge in [-0.05, 0) is 25.2 Å². The number of hydrogen-bond acceptors (Lipinski definition) is 2. The summed E-state index contributed by atoms with van der Waals surface area (Å²) in [5.41, 5.74) is 2.57. The van der Waals surface area contributed by atoms with Crippen LogP contribution in [0.4, 0.5) is 0 Å². The molecule has 0 N–H and O–H groups in total. The Morgan fingerprint density at radius 3 is 3.08 bits per heavy atom. The predicted molar refractivity (Wildman–Crippen MR) is 48.5 cm³/mol. The first kappa shape index (κ1) is 7.13. The van der Waals surface area contributed by atoms with Crippen LogP contribution in [0.1, 0.15) is 48.1 Å². The fraction of sp³-hybridized carbons (Fsp3) is 0.667. The van der Waals surface area contributed by atoms with E-state index in [2.05, 4.69) is 21.1 Å². The number of alkyl halides is 1. The quantitative estimate of drug-likeness (QED) is 0.690. The minimum Gasteiger partial charge on any atom is -0.361 e. The number of rotatable bonds is 1. The first-order chi connectivity index (χ1) is 5.90. The van der Waals surface area contributed by atoms with Crippen molar-refractivity contribution in [3.8, 4) is 0 Å². The molecule has 1 aromatic rings. The molecule has 12 heavy (non-hydrogen) atoms. The Balaban J connectivity index is 2.16. The van der Waals surface area contributed by atoms with Crippen molar-refractivity contribution >= 4 is 15.9 Å². The second-order valence-electron chi connectivity index (χ2n) is 3.75. The number of hydrogen-bond donors (Lipinski definition) is 0. The van der Waals surface area contributed by atoms with Gasteiger partial charge in [-0.15, -0.1) is 0 Å². The van der Waals surface area contributed by atoms with Gasteiger partial charge in [-0.3, -0.25) is 0 Å². The molecule has 2 atom stereocenters. The van der Waals surface area contributed by atoms with E-state index in [4.69, 9.17) is 4.52 Å². The number of fused-ring (bicyclic) bond motifs is 5. The van der Waals surface area contributed by atoms with Gasteiger partial charge in [0.15, 0.2) is 0 Å². The Morgan fingerprint density at radius 1 is 1.42 bits per heavy atom. The van der Waals surface area contributed by atoms with Gasteiger partial charge in [0, 0.05) is 16.8 Å². The van der Waals surface area contributed by atoms with Crippen molar-refractivity contribution in [3.05, 3.63) is 17.0 Å². The SMILES string of the molecule is BrCc1noc2c1C1CCC2C1. The van der Waals surface area contributed by atoms with Gasteiger partial charge in [0.2, 0.25) is 0 Å². The summed E-state index contributed by atoms with van der Waals surface area (Å²) in [6.07, 6.45) is 3.98. The zero-order valence-electron chi connectivity index (χ0n) is 6.72. The molecule has 64 valence electrons. The Labute approximate surface area is 79.4 Å². The first-order valence-corrected chi connectivity index (χ1v) is 5.56. The zero-order chi connectivity index (χ0) is 8.13. The van der Waals surface area contributed by atoms with Crippen molar-refractivity contribution in [3.63, 3.8) is 0 Å². The van der Waals surface area contributed by atoms with E-state index in [0.29, 0.717) is 5.92 Å². The van der Waals surface area contributed by atoms with E-state index < -0.39 is 0 Å². The van der Waals surface area contributed by atoms with Crippen LogP contribution in [0.2, 0.25) is 0 Å². The summed E-state index contributed by atoms with van der Waals surface area (Å²) >= 11 is 3.44. The molecular weight excluding hydrogens is 218 g/mol. The van der Waals surface area contributed by atoms with Crippen LogP contribution in [-0.4, -0.2) is 5.16 Å². The summed E-state index contributed by atoms with van der Waals surface area (Å²) < 4.78 is 5.35. The third-order valence-electron chi connectivity index (χ3n) is 3.17. The monoisotopic (exact) mass is 227 g/mol. The number of halogens is 1. The standard InChI is InChI=1S/C9H10BrNO/c10-4-7-8-5-1-2-6(3-5)9(8)12-11-7/h5-6H,1-4H2. The van der Waals surface area contributed by atoms with Gasteiger partial charge in [0.1, 0.15) is 5.76 Å². The highest BCUT2D eigenvalue weighted by molar-refractivity contribution is 9.08.